The highest BCUT2D eigenvalue weighted by Gasteiger charge is 2.36. The zero-order chi connectivity index (χ0) is 12.9. The molecular formula is C12H13F3N2O. The summed E-state index contributed by atoms with van der Waals surface area (Å²) in [5, 5.41) is 3.21. The van der Waals surface area contributed by atoms with E-state index in [1.165, 1.54) is 4.57 Å². The minimum absolute atomic E-state index is 0.0208. The Morgan fingerprint density at radius 2 is 2.06 bits per heavy atom. The van der Waals surface area contributed by atoms with Crippen molar-refractivity contribution in [1.29, 1.82) is 0 Å². The van der Waals surface area contributed by atoms with Crippen LogP contribution in [0.1, 0.15) is 23.6 Å². The monoisotopic (exact) mass is 258 g/mol. The Bertz CT molecular complexity index is 535. The molecule has 0 unspecified atom stereocenters. The zero-order valence-corrected chi connectivity index (χ0v) is 9.63. The Morgan fingerprint density at radius 3 is 2.78 bits per heavy atom. The molecule has 3 heterocycles. The fourth-order valence-electron chi connectivity index (χ4n) is 2.97. The highest BCUT2D eigenvalue weighted by Crippen LogP contribution is 2.35. The van der Waals surface area contributed by atoms with Gasteiger partial charge in [-0.25, -0.2) is 0 Å². The molecule has 2 aliphatic rings. The van der Waals surface area contributed by atoms with E-state index < -0.39 is 17.3 Å². The van der Waals surface area contributed by atoms with Crippen LogP contribution in [-0.4, -0.2) is 17.7 Å². The maximum Gasteiger partial charge on any atom is 0.416 e. The molecule has 0 saturated carbocycles. The van der Waals surface area contributed by atoms with Crippen molar-refractivity contribution in [3.05, 3.63) is 33.7 Å². The van der Waals surface area contributed by atoms with Crippen molar-refractivity contribution in [2.45, 2.75) is 25.1 Å². The largest absolute Gasteiger partial charge is 0.416 e. The molecule has 3 rings (SSSR count). The second-order valence-corrected chi connectivity index (χ2v) is 5.07. The molecule has 1 fully saturated rings. The van der Waals surface area contributed by atoms with Gasteiger partial charge in [-0.15, -0.1) is 0 Å². The number of alkyl halides is 3. The lowest BCUT2D eigenvalue weighted by atomic mass is 9.84. The predicted octanol–water partition coefficient (Wildman–Crippen LogP) is 1.57. The molecule has 2 bridgehead atoms. The van der Waals surface area contributed by atoms with Gasteiger partial charge in [0, 0.05) is 30.8 Å². The number of fused-ring (bicyclic) bond motifs is 4. The molecule has 3 nitrogen and oxygen atoms in total. The number of hydrogen-bond donors (Lipinski definition) is 1. The van der Waals surface area contributed by atoms with Gasteiger partial charge in [-0.3, -0.25) is 4.79 Å². The summed E-state index contributed by atoms with van der Waals surface area (Å²) in [5.41, 5.74) is -0.836. The highest BCUT2D eigenvalue weighted by atomic mass is 19.4. The average molecular weight is 258 g/mol. The first-order valence-corrected chi connectivity index (χ1v) is 5.98. The Hall–Kier alpha value is -1.30. The van der Waals surface area contributed by atoms with Gasteiger partial charge in [0.25, 0.3) is 5.56 Å². The number of pyridine rings is 1. The van der Waals surface area contributed by atoms with Gasteiger partial charge in [-0.1, -0.05) is 0 Å². The second kappa shape index (κ2) is 3.85. The molecule has 1 saturated heterocycles. The third kappa shape index (κ3) is 1.84. The summed E-state index contributed by atoms with van der Waals surface area (Å²) in [6, 6.07) is 1.84. The maximum absolute atomic E-state index is 12.7. The molecule has 0 amide bonds. The van der Waals surface area contributed by atoms with E-state index in [1.807, 2.05) is 0 Å². The third-order valence-electron chi connectivity index (χ3n) is 3.79. The van der Waals surface area contributed by atoms with Crippen molar-refractivity contribution >= 4 is 0 Å². The van der Waals surface area contributed by atoms with E-state index in [4.69, 9.17) is 0 Å². The van der Waals surface area contributed by atoms with E-state index >= 15 is 0 Å². The summed E-state index contributed by atoms with van der Waals surface area (Å²) >= 11 is 0. The smallest absolute Gasteiger partial charge is 0.316 e. The van der Waals surface area contributed by atoms with Crippen molar-refractivity contribution in [3.8, 4) is 0 Å². The van der Waals surface area contributed by atoms with Gasteiger partial charge in [-0.05, 0) is 24.9 Å². The topological polar surface area (TPSA) is 34.0 Å². The quantitative estimate of drug-likeness (QED) is 0.766. The fourth-order valence-corrected chi connectivity index (χ4v) is 2.97. The molecule has 0 spiro atoms. The number of aromatic nitrogens is 1. The van der Waals surface area contributed by atoms with Gasteiger partial charge < -0.3 is 9.88 Å². The van der Waals surface area contributed by atoms with Crippen LogP contribution in [0, 0.1) is 5.92 Å². The molecule has 98 valence electrons. The van der Waals surface area contributed by atoms with Crippen LogP contribution in [0.2, 0.25) is 0 Å². The SMILES string of the molecule is O=c1cc(C(F)(F)F)cc2n1C[C@@H]1CNC[C@H]2C1. The van der Waals surface area contributed by atoms with Gasteiger partial charge in [-0.2, -0.15) is 13.2 Å². The Balaban J connectivity index is 2.13. The highest BCUT2D eigenvalue weighted by molar-refractivity contribution is 5.25. The summed E-state index contributed by atoms with van der Waals surface area (Å²) < 4.78 is 39.6. The summed E-state index contributed by atoms with van der Waals surface area (Å²) in [6.07, 6.45) is -3.58. The Kier molecular flexibility index (Phi) is 2.52. The molecular weight excluding hydrogens is 245 g/mol. The van der Waals surface area contributed by atoms with E-state index in [2.05, 4.69) is 5.32 Å². The lowest BCUT2D eigenvalue weighted by Gasteiger charge is -2.37. The molecule has 2 aliphatic heterocycles. The molecule has 0 aromatic carbocycles. The standard InChI is InChI=1S/C12H13F3N2O/c13-12(14,15)9-2-10-8-1-7(4-16-5-8)6-17(10)11(18)3-9/h2-3,7-8,16H,1,4-6H2/t7-,8+/m0/s1. The first-order chi connectivity index (χ1) is 8.45. The zero-order valence-electron chi connectivity index (χ0n) is 9.63. The first kappa shape index (κ1) is 11.8. The average Bonchev–Trinajstić information content (AvgIpc) is 2.29. The minimum Gasteiger partial charge on any atom is -0.316 e. The number of piperidine rings is 1. The van der Waals surface area contributed by atoms with Crippen LogP contribution in [0.3, 0.4) is 0 Å². The summed E-state index contributed by atoms with van der Waals surface area (Å²) in [5.74, 6) is 0.373. The van der Waals surface area contributed by atoms with Gasteiger partial charge in [0.1, 0.15) is 0 Å². The molecule has 18 heavy (non-hydrogen) atoms. The molecule has 1 N–H and O–H groups in total. The van der Waals surface area contributed by atoms with E-state index in [1.54, 1.807) is 0 Å². The number of halogens is 3. The normalized spacial score (nSPS) is 26.8. The molecule has 2 atom stereocenters. The molecule has 6 heteroatoms. The van der Waals surface area contributed by atoms with Crippen molar-refractivity contribution in [3.63, 3.8) is 0 Å². The minimum atomic E-state index is -4.45. The molecule has 0 radical (unpaired) electrons. The number of nitrogens with zero attached hydrogens (tertiary/aromatic N) is 1. The second-order valence-electron chi connectivity index (χ2n) is 5.07. The lowest BCUT2D eigenvalue weighted by molar-refractivity contribution is -0.137. The van der Waals surface area contributed by atoms with Crippen LogP contribution in [0.25, 0.3) is 0 Å². The summed E-state index contributed by atoms with van der Waals surface area (Å²) in [6.45, 7) is 2.01. The summed E-state index contributed by atoms with van der Waals surface area (Å²) in [4.78, 5) is 11.8. The maximum atomic E-state index is 12.7. The Labute approximate surface area is 102 Å². The van der Waals surface area contributed by atoms with Crippen LogP contribution in [0.4, 0.5) is 13.2 Å². The predicted molar refractivity (Wildman–Crippen MR) is 59.4 cm³/mol. The van der Waals surface area contributed by atoms with Gasteiger partial charge in [0.2, 0.25) is 0 Å². The van der Waals surface area contributed by atoms with E-state index in [-0.39, 0.29) is 5.92 Å². The van der Waals surface area contributed by atoms with Crippen LogP contribution in [-0.2, 0) is 12.7 Å². The lowest BCUT2D eigenvalue weighted by Crippen LogP contribution is -2.45. The van der Waals surface area contributed by atoms with Crippen LogP contribution in [0.5, 0.6) is 0 Å². The number of rotatable bonds is 0. The third-order valence-corrected chi connectivity index (χ3v) is 3.79. The van der Waals surface area contributed by atoms with Crippen molar-refractivity contribution in [1.82, 2.24) is 9.88 Å². The van der Waals surface area contributed by atoms with E-state index in [9.17, 15) is 18.0 Å². The van der Waals surface area contributed by atoms with Gasteiger partial charge >= 0.3 is 6.18 Å². The number of nitrogens with one attached hydrogen (secondary N) is 1. The van der Waals surface area contributed by atoms with Crippen molar-refractivity contribution in [2.75, 3.05) is 13.1 Å². The number of hydrogen-bond acceptors (Lipinski definition) is 2. The van der Waals surface area contributed by atoms with Crippen LogP contribution < -0.4 is 10.9 Å². The van der Waals surface area contributed by atoms with Crippen LogP contribution in [0.15, 0.2) is 16.9 Å². The van der Waals surface area contributed by atoms with Gasteiger partial charge in [0.15, 0.2) is 0 Å². The van der Waals surface area contributed by atoms with Gasteiger partial charge in [0.05, 0.1) is 5.56 Å². The Morgan fingerprint density at radius 1 is 1.28 bits per heavy atom. The van der Waals surface area contributed by atoms with Crippen molar-refractivity contribution < 1.29 is 13.2 Å². The van der Waals surface area contributed by atoms with Crippen LogP contribution >= 0.6 is 0 Å². The summed E-state index contributed by atoms with van der Waals surface area (Å²) in [7, 11) is 0. The molecule has 1 aromatic heterocycles. The van der Waals surface area contributed by atoms with Crippen molar-refractivity contribution in [2.24, 2.45) is 5.92 Å². The molecule has 0 aliphatic carbocycles. The molecule has 1 aromatic rings. The fraction of sp³-hybridized carbons (Fsp3) is 0.583. The first-order valence-electron chi connectivity index (χ1n) is 5.98. The van der Waals surface area contributed by atoms with E-state index in [0.717, 1.165) is 19.0 Å². The van der Waals surface area contributed by atoms with E-state index in [0.29, 0.717) is 30.8 Å².